The molecule has 0 unspecified atom stereocenters. The first-order chi connectivity index (χ1) is 12.6. The average Bonchev–Trinajstić information content (AvgIpc) is 2.67. The smallest absolute Gasteiger partial charge is 0.159 e. The monoisotopic (exact) mass is 415 g/mol. The van der Waals surface area contributed by atoms with Gasteiger partial charge in [0, 0.05) is 10.5 Å². The lowest BCUT2D eigenvalue weighted by atomic mass is 10.2. The highest BCUT2D eigenvalue weighted by molar-refractivity contribution is 9.10. The number of nitrogens with zero attached hydrogens (tertiary/aromatic N) is 2. The van der Waals surface area contributed by atoms with Crippen LogP contribution in [0.25, 0.3) is 0 Å². The molecule has 0 radical (unpaired) electrons. The van der Waals surface area contributed by atoms with Crippen molar-refractivity contribution in [1.82, 2.24) is 9.97 Å². The number of nitrogen functional groups attached to an aromatic ring is 1. The van der Waals surface area contributed by atoms with E-state index in [4.69, 9.17) is 15.2 Å². The number of nitrogens with two attached hydrogens (primary N) is 1. The molecule has 3 rings (SSSR count). The Morgan fingerprint density at radius 1 is 0.923 bits per heavy atom. The maximum Gasteiger partial charge on any atom is 0.159 e. The van der Waals surface area contributed by atoms with Crippen LogP contribution in [-0.4, -0.2) is 24.2 Å². The second kappa shape index (κ2) is 7.92. The molecular formula is C18H18BrN5O2. The highest BCUT2D eigenvalue weighted by Gasteiger charge is 2.12. The van der Waals surface area contributed by atoms with Crippen LogP contribution >= 0.6 is 15.9 Å². The van der Waals surface area contributed by atoms with Crippen LogP contribution in [0.2, 0.25) is 0 Å². The molecule has 0 fully saturated rings. The Labute approximate surface area is 159 Å². The van der Waals surface area contributed by atoms with Crippen molar-refractivity contribution < 1.29 is 9.47 Å². The molecule has 3 aromatic rings. The molecule has 0 spiro atoms. The molecule has 4 N–H and O–H groups in total. The Kier molecular flexibility index (Phi) is 5.43. The molecule has 0 saturated heterocycles. The molecule has 26 heavy (non-hydrogen) atoms. The minimum Gasteiger partial charge on any atom is -0.497 e. The van der Waals surface area contributed by atoms with E-state index in [0.717, 1.165) is 10.2 Å². The number of ether oxygens (including phenoxy) is 2. The van der Waals surface area contributed by atoms with Crippen molar-refractivity contribution >= 4 is 44.6 Å². The van der Waals surface area contributed by atoms with E-state index in [1.807, 2.05) is 36.4 Å². The number of hydrogen-bond donors (Lipinski definition) is 3. The molecule has 0 amide bonds. The van der Waals surface area contributed by atoms with Crippen molar-refractivity contribution in [2.24, 2.45) is 0 Å². The van der Waals surface area contributed by atoms with Crippen LogP contribution in [0, 0.1) is 0 Å². The van der Waals surface area contributed by atoms with E-state index in [1.165, 1.54) is 6.33 Å². The average molecular weight is 416 g/mol. The van der Waals surface area contributed by atoms with Gasteiger partial charge in [0.25, 0.3) is 0 Å². The molecule has 0 aliphatic rings. The summed E-state index contributed by atoms with van der Waals surface area (Å²) in [7, 11) is 3.19. The summed E-state index contributed by atoms with van der Waals surface area (Å²) in [5, 5.41) is 6.37. The Hall–Kier alpha value is -3.00. The third-order valence-electron chi connectivity index (χ3n) is 3.67. The van der Waals surface area contributed by atoms with Crippen LogP contribution in [0.1, 0.15) is 0 Å². The third kappa shape index (κ3) is 3.80. The topological polar surface area (TPSA) is 94.3 Å². The number of rotatable bonds is 6. The van der Waals surface area contributed by atoms with Crippen LogP contribution < -0.4 is 25.8 Å². The molecule has 0 aliphatic heterocycles. The van der Waals surface area contributed by atoms with Crippen molar-refractivity contribution in [3.8, 4) is 11.5 Å². The number of para-hydroxylation sites is 1. The first-order valence-electron chi connectivity index (χ1n) is 7.73. The van der Waals surface area contributed by atoms with Crippen LogP contribution in [-0.2, 0) is 0 Å². The summed E-state index contributed by atoms with van der Waals surface area (Å²) in [5.74, 6) is 2.28. The predicted octanol–water partition coefficient (Wildman–Crippen LogP) is 4.33. The summed E-state index contributed by atoms with van der Waals surface area (Å²) >= 11 is 3.49. The lowest BCUT2D eigenvalue weighted by molar-refractivity contribution is 0.395. The highest BCUT2D eigenvalue weighted by atomic mass is 79.9. The van der Waals surface area contributed by atoms with Gasteiger partial charge in [0.1, 0.15) is 23.5 Å². The lowest BCUT2D eigenvalue weighted by Crippen LogP contribution is -2.06. The summed E-state index contributed by atoms with van der Waals surface area (Å²) < 4.78 is 11.5. The van der Waals surface area contributed by atoms with Gasteiger partial charge < -0.3 is 25.8 Å². The van der Waals surface area contributed by atoms with Gasteiger partial charge in [0.15, 0.2) is 11.6 Å². The number of aromatic nitrogens is 2. The van der Waals surface area contributed by atoms with E-state index in [2.05, 4.69) is 36.5 Å². The van der Waals surface area contributed by atoms with Crippen LogP contribution in [0.4, 0.5) is 28.7 Å². The van der Waals surface area contributed by atoms with E-state index < -0.39 is 0 Å². The first-order valence-corrected chi connectivity index (χ1v) is 8.52. The zero-order valence-corrected chi connectivity index (χ0v) is 15.9. The molecule has 7 nitrogen and oxygen atoms in total. The van der Waals surface area contributed by atoms with Crippen LogP contribution in [0.3, 0.4) is 0 Å². The van der Waals surface area contributed by atoms with Crippen LogP contribution in [0.5, 0.6) is 11.5 Å². The van der Waals surface area contributed by atoms with Crippen molar-refractivity contribution in [2.75, 3.05) is 30.6 Å². The zero-order chi connectivity index (χ0) is 18.5. The molecule has 0 saturated carbocycles. The van der Waals surface area contributed by atoms with Gasteiger partial charge in [-0.15, -0.1) is 0 Å². The molecule has 8 heteroatoms. The van der Waals surface area contributed by atoms with Gasteiger partial charge in [0.05, 0.1) is 25.6 Å². The molecular weight excluding hydrogens is 398 g/mol. The molecule has 0 aliphatic carbocycles. The number of hydrogen-bond acceptors (Lipinski definition) is 7. The Morgan fingerprint density at radius 3 is 2.27 bits per heavy atom. The molecule has 1 aromatic heterocycles. The molecule has 0 atom stereocenters. The number of anilines is 5. The van der Waals surface area contributed by atoms with Crippen molar-refractivity contribution in [3.63, 3.8) is 0 Å². The normalized spacial score (nSPS) is 10.3. The summed E-state index contributed by atoms with van der Waals surface area (Å²) in [6.07, 6.45) is 1.44. The van der Waals surface area contributed by atoms with Gasteiger partial charge in [0.2, 0.25) is 0 Å². The van der Waals surface area contributed by atoms with Gasteiger partial charge in [-0.1, -0.05) is 12.1 Å². The fourth-order valence-corrected chi connectivity index (χ4v) is 2.70. The number of halogens is 1. The largest absolute Gasteiger partial charge is 0.497 e. The standard InChI is InChI=1S/C18H18BrN5O2/c1-25-11-7-8-14(15(9-11)26-2)24-18-16(20)17(21-10-22-18)23-13-6-4-3-5-12(13)19/h3-10H,20H2,1-2H3,(H2,21,22,23,24). The van der Waals surface area contributed by atoms with E-state index in [1.54, 1.807) is 20.3 Å². The lowest BCUT2D eigenvalue weighted by Gasteiger charge is -2.15. The first kappa shape index (κ1) is 17.8. The maximum absolute atomic E-state index is 6.25. The number of methoxy groups -OCH3 is 2. The second-order valence-corrected chi connectivity index (χ2v) is 6.13. The predicted molar refractivity (Wildman–Crippen MR) is 107 cm³/mol. The minimum absolute atomic E-state index is 0.390. The molecule has 134 valence electrons. The van der Waals surface area contributed by atoms with Gasteiger partial charge in [-0.2, -0.15) is 0 Å². The SMILES string of the molecule is COc1ccc(Nc2ncnc(Nc3ccccc3Br)c2N)c(OC)c1. The molecule has 0 bridgehead atoms. The summed E-state index contributed by atoms with van der Waals surface area (Å²) in [6, 6.07) is 13.1. The van der Waals surface area contributed by atoms with Crippen molar-refractivity contribution in [2.45, 2.75) is 0 Å². The fraction of sp³-hybridized carbons (Fsp3) is 0.111. The van der Waals surface area contributed by atoms with Crippen molar-refractivity contribution in [3.05, 3.63) is 53.3 Å². The van der Waals surface area contributed by atoms with Gasteiger partial charge in [-0.3, -0.25) is 0 Å². The minimum atomic E-state index is 0.390. The molecule has 2 aromatic carbocycles. The van der Waals surface area contributed by atoms with Gasteiger partial charge in [-0.25, -0.2) is 9.97 Å². The van der Waals surface area contributed by atoms with Gasteiger partial charge in [-0.05, 0) is 40.2 Å². The quantitative estimate of drug-likeness (QED) is 0.551. The zero-order valence-electron chi connectivity index (χ0n) is 14.3. The molecule has 1 heterocycles. The van der Waals surface area contributed by atoms with Gasteiger partial charge >= 0.3 is 0 Å². The highest BCUT2D eigenvalue weighted by Crippen LogP contribution is 2.35. The third-order valence-corrected chi connectivity index (χ3v) is 4.36. The summed E-state index contributed by atoms with van der Waals surface area (Å²) in [5.41, 5.74) is 8.20. The van der Waals surface area contributed by atoms with E-state index in [9.17, 15) is 0 Å². The Morgan fingerprint density at radius 2 is 1.62 bits per heavy atom. The maximum atomic E-state index is 6.25. The Balaban J connectivity index is 1.89. The number of benzene rings is 2. The Bertz CT molecular complexity index is 920. The second-order valence-electron chi connectivity index (χ2n) is 5.28. The summed E-state index contributed by atoms with van der Waals surface area (Å²) in [6.45, 7) is 0. The van der Waals surface area contributed by atoms with E-state index >= 15 is 0 Å². The number of nitrogens with one attached hydrogen (secondary N) is 2. The fourth-order valence-electron chi connectivity index (χ4n) is 2.31. The van der Waals surface area contributed by atoms with Crippen molar-refractivity contribution in [1.29, 1.82) is 0 Å². The van der Waals surface area contributed by atoms with Crippen LogP contribution in [0.15, 0.2) is 53.3 Å². The van der Waals surface area contributed by atoms with E-state index in [0.29, 0.717) is 34.5 Å². The summed E-state index contributed by atoms with van der Waals surface area (Å²) in [4.78, 5) is 8.46. The van der Waals surface area contributed by atoms with E-state index in [-0.39, 0.29) is 0 Å².